The molecule has 0 aliphatic carbocycles. The molecular weight excluding hydrogens is 573 g/mol. The van der Waals surface area contributed by atoms with Crippen LogP contribution in [0.15, 0.2) is 77.7 Å². The lowest BCUT2D eigenvalue weighted by atomic mass is 10.1. The maximum absolute atomic E-state index is 13.9. The zero-order valence-electron chi connectivity index (χ0n) is 22.6. The lowest BCUT2D eigenvalue weighted by Crippen LogP contribution is -2.51. The number of nitrogens with zero attached hydrogens (tertiary/aromatic N) is 2. The first-order valence-electron chi connectivity index (χ1n) is 12.8. The van der Waals surface area contributed by atoms with Gasteiger partial charge in [0.05, 0.1) is 17.7 Å². The van der Waals surface area contributed by atoms with Crippen molar-refractivity contribution in [1.82, 2.24) is 10.2 Å². The predicted octanol–water partition coefficient (Wildman–Crippen LogP) is 5.53. The highest BCUT2D eigenvalue weighted by molar-refractivity contribution is 7.92. The summed E-state index contributed by atoms with van der Waals surface area (Å²) in [5, 5.41) is 3.69. The number of nitrogens with one attached hydrogen (secondary N) is 1. The van der Waals surface area contributed by atoms with E-state index >= 15 is 0 Å². The van der Waals surface area contributed by atoms with E-state index in [0.717, 1.165) is 17.1 Å². The smallest absolute Gasteiger partial charge is 0.264 e. The topological polar surface area (TPSA) is 96.0 Å². The summed E-state index contributed by atoms with van der Waals surface area (Å²) in [7, 11) is -2.72. The van der Waals surface area contributed by atoms with Crippen LogP contribution in [0.25, 0.3) is 0 Å². The summed E-state index contributed by atoms with van der Waals surface area (Å²) in [5.74, 6) is -0.433. The number of benzene rings is 3. The first-order valence-corrected chi connectivity index (χ1v) is 15.0. The Kier molecular flexibility index (Phi) is 11.2. The van der Waals surface area contributed by atoms with E-state index in [9.17, 15) is 18.0 Å². The largest absolute Gasteiger partial charge is 0.497 e. The van der Waals surface area contributed by atoms with Crippen molar-refractivity contribution in [3.05, 3.63) is 88.4 Å². The molecule has 3 aromatic carbocycles. The number of carbonyl (C=O) groups excluding carboxylic acids is 2. The van der Waals surface area contributed by atoms with Gasteiger partial charge in [-0.25, -0.2) is 8.42 Å². The van der Waals surface area contributed by atoms with E-state index in [1.807, 2.05) is 6.92 Å². The van der Waals surface area contributed by atoms with Gasteiger partial charge in [-0.05, 0) is 73.5 Å². The zero-order chi connectivity index (χ0) is 29.3. The van der Waals surface area contributed by atoms with Crippen LogP contribution in [0.3, 0.4) is 0 Å². The van der Waals surface area contributed by atoms with E-state index in [0.29, 0.717) is 27.9 Å². The van der Waals surface area contributed by atoms with Gasteiger partial charge in [-0.1, -0.05) is 54.7 Å². The van der Waals surface area contributed by atoms with Gasteiger partial charge < -0.3 is 15.0 Å². The lowest BCUT2D eigenvalue weighted by molar-refractivity contribution is -0.139. The normalized spacial score (nSPS) is 11.9. The van der Waals surface area contributed by atoms with Crippen molar-refractivity contribution in [3.8, 4) is 5.75 Å². The molecule has 0 fully saturated rings. The number of rotatable bonds is 13. The fourth-order valence-corrected chi connectivity index (χ4v) is 5.68. The number of carbonyl (C=O) groups is 2. The lowest BCUT2D eigenvalue weighted by Gasteiger charge is -2.32. The van der Waals surface area contributed by atoms with Crippen LogP contribution >= 0.6 is 23.2 Å². The Balaban J connectivity index is 2.00. The molecule has 0 saturated carbocycles. The molecule has 3 rings (SSSR count). The Bertz CT molecular complexity index is 1400. The highest BCUT2D eigenvalue weighted by atomic mass is 35.5. The van der Waals surface area contributed by atoms with Gasteiger partial charge in [0.15, 0.2) is 0 Å². The predicted molar refractivity (Wildman–Crippen MR) is 158 cm³/mol. The number of hydrogen-bond acceptors (Lipinski definition) is 5. The Hall–Kier alpha value is -3.27. The number of ether oxygens (including phenoxy) is 1. The van der Waals surface area contributed by atoms with Crippen LogP contribution in [-0.4, -0.2) is 51.4 Å². The van der Waals surface area contributed by atoms with Crippen LogP contribution in [0.1, 0.15) is 32.3 Å². The monoisotopic (exact) mass is 605 g/mol. The van der Waals surface area contributed by atoms with Crippen molar-refractivity contribution < 1.29 is 22.7 Å². The SMILES string of the molecule is CCCCNC(=O)C(C)N(Cc1ccccc1Cl)C(=O)CN(c1ccc(Cl)cc1)S(=O)(=O)c1ccc(OC)cc1. The number of methoxy groups -OCH3 is 1. The van der Waals surface area contributed by atoms with Gasteiger partial charge in [0, 0.05) is 23.1 Å². The van der Waals surface area contributed by atoms with Crippen molar-refractivity contribution in [2.45, 2.75) is 44.2 Å². The zero-order valence-corrected chi connectivity index (χ0v) is 25.0. The first-order chi connectivity index (χ1) is 19.1. The molecular formula is C29H33Cl2N3O5S. The number of unbranched alkanes of at least 4 members (excludes halogenated alkanes) is 1. The Morgan fingerprint density at radius 2 is 1.62 bits per heavy atom. The van der Waals surface area contributed by atoms with Crippen molar-refractivity contribution in [2.75, 3.05) is 24.5 Å². The van der Waals surface area contributed by atoms with E-state index in [1.165, 1.54) is 48.4 Å². The molecule has 0 saturated heterocycles. The van der Waals surface area contributed by atoms with Gasteiger partial charge >= 0.3 is 0 Å². The van der Waals surface area contributed by atoms with Gasteiger partial charge in [-0.3, -0.25) is 13.9 Å². The number of anilines is 1. The molecule has 0 aliphatic heterocycles. The Labute approximate surface area is 245 Å². The van der Waals surface area contributed by atoms with Gasteiger partial charge in [-0.15, -0.1) is 0 Å². The second kappa shape index (κ2) is 14.4. The molecule has 1 atom stereocenters. The summed E-state index contributed by atoms with van der Waals surface area (Å²) in [6.45, 7) is 3.54. The second-order valence-corrected chi connectivity index (χ2v) is 11.8. The average Bonchev–Trinajstić information content (AvgIpc) is 2.95. The molecule has 40 heavy (non-hydrogen) atoms. The standard InChI is InChI=1S/C29H33Cl2N3O5S/c1-4-5-18-32-29(36)21(2)33(19-22-8-6-7-9-27(22)31)28(35)20-34(24-12-10-23(30)11-13-24)40(37,38)26-16-14-25(39-3)15-17-26/h6-17,21H,4-5,18-20H2,1-3H3,(H,32,36). The minimum absolute atomic E-state index is 0.0118. The molecule has 214 valence electrons. The third kappa shape index (κ3) is 7.90. The third-order valence-electron chi connectivity index (χ3n) is 6.34. The van der Waals surface area contributed by atoms with Crippen molar-refractivity contribution in [2.24, 2.45) is 0 Å². The highest BCUT2D eigenvalue weighted by Crippen LogP contribution is 2.27. The van der Waals surface area contributed by atoms with Crippen molar-refractivity contribution >= 4 is 50.7 Å². The van der Waals surface area contributed by atoms with E-state index < -0.39 is 28.5 Å². The van der Waals surface area contributed by atoms with Gasteiger partial charge in [0.1, 0.15) is 18.3 Å². The maximum Gasteiger partial charge on any atom is 0.264 e. The molecule has 0 radical (unpaired) electrons. The van der Waals surface area contributed by atoms with Crippen molar-refractivity contribution in [1.29, 1.82) is 0 Å². The molecule has 0 heterocycles. The number of halogens is 2. The first kappa shape index (κ1) is 31.3. The molecule has 0 spiro atoms. The molecule has 8 nitrogen and oxygen atoms in total. The quantitative estimate of drug-likeness (QED) is 0.258. The summed E-state index contributed by atoms with van der Waals surface area (Å²) in [6.07, 6.45) is 1.69. The minimum atomic E-state index is -4.20. The van der Waals surface area contributed by atoms with Crippen molar-refractivity contribution in [3.63, 3.8) is 0 Å². The molecule has 0 aliphatic rings. The summed E-state index contributed by atoms with van der Waals surface area (Å²) in [6, 6.07) is 18.1. The molecule has 1 N–H and O–H groups in total. The van der Waals surface area contributed by atoms with E-state index in [-0.39, 0.29) is 23.0 Å². The van der Waals surface area contributed by atoms with Crippen LogP contribution in [0.2, 0.25) is 10.0 Å². The molecule has 0 aromatic heterocycles. The average molecular weight is 607 g/mol. The van der Waals surface area contributed by atoms with Crippen LogP contribution < -0.4 is 14.4 Å². The summed E-state index contributed by atoms with van der Waals surface area (Å²) < 4.78 is 33.9. The summed E-state index contributed by atoms with van der Waals surface area (Å²) >= 11 is 12.4. The maximum atomic E-state index is 13.9. The fraction of sp³-hybridized carbons (Fsp3) is 0.310. The number of sulfonamides is 1. The van der Waals surface area contributed by atoms with E-state index in [1.54, 1.807) is 43.3 Å². The second-order valence-electron chi connectivity index (χ2n) is 9.10. The fourth-order valence-electron chi connectivity index (χ4n) is 3.94. The highest BCUT2D eigenvalue weighted by Gasteiger charge is 2.32. The minimum Gasteiger partial charge on any atom is -0.497 e. The van der Waals surface area contributed by atoms with Crippen LogP contribution in [0, 0.1) is 0 Å². The van der Waals surface area contributed by atoms with E-state index in [2.05, 4.69) is 5.32 Å². The van der Waals surface area contributed by atoms with Crippen LogP contribution in [-0.2, 0) is 26.2 Å². The molecule has 0 bridgehead atoms. The molecule has 1 unspecified atom stereocenters. The van der Waals surface area contributed by atoms with E-state index in [4.69, 9.17) is 27.9 Å². The Morgan fingerprint density at radius 1 is 0.975 bits per heavy atom. The molecule has 3 aromatic rings. The number of amides is 2. The van der Waals surface area contributed by atoms with Gasteiger partial charge in [-0.2, -0.15) is 0 Å². The van der Waals surface area contributed by atoms with Crippen LogP contribution in [0.4, 0.5) is 5.69 Å². The van der Waals surface area contributed by atoms with Crippen LogP contribution in [0.5, 0.6) is 5.75 Å². The van der Waals surface area contributed by atoms with Gasteiger partial charge in [0.2, 0.25) is 11.8 Å². The third-order valence-corrected chi connectivity index (χ3v) is 8.75. The van der Waals surface area contributed by atoms with Gasteiger partial charge in [0.25, 0.3) is 10.0 Å². The number of hydrogen-bond donors (Lipinski definition) is 1. The molecule has 11 heteroatoms. The Morgan fingerprint density at radius 3 is 2.23 bits per heavy atom. The molecule has 2 amide bonds. The summed E-state index contributed by atoms with van der Waals surface area (Å²) in [5.41, 5.74) is 0.869. The summed E-state index contributed by atoms with van der Waals surface area (Å²) in [4.78, 5) is 28.2.